The summed E-state index contributed by atoms with van der Waals surface area (Å²) >= 11 is 1.43. The van der Waals surface area contributed by atoms with Crippen LogP contribution in [0.5, 0.6) is 0 Å². The van der Waals surface area contributed by atoms with E-state index in [9.17, 15) is 14.4 Å². The number of aromatic nitrogens is 2. The number of carbonyl (C=O) groups is 3. The largest absolute Gasteiger partial charge is 0.454 e. The van der Waals surface area contributed by atoms with Gasteiger partial charge < -0.3 is 14.6 Å². The summed E-state index contributed by atoms with van der Waals surface area (Å²) in [6, 6.07) is 8.48. The van der Waals surface area contributed by atoms with E-state index in [2.05, 4.69) is 10.5 Å². The fourth-order valence-corrected chi connectivity index (χ4v) is 4.41. The maximum Gasteiger partial charge on any atom is 0.338 e. The first kappa shape index (κ1) is 20.9. The average molecular weight is 439 g/mol. The molecule has 0 fully saturated rings. The number of carbonyl (C=O) groups excluding carboxylic acids is 3. The Kier molecular flexibility index (Phi) is 5.45. The number of ether oxygens (including phenoxy) is 1. The molecule has 31 heavy (non-hydrogen) atoms. The first-order valence-corrected chi connectivity index (χ1v) is 10.6. The minimum atomic E-state index is -0.630. The number of fused-ring (bicyclic) bond motifs is 1. The Hall–Kier alpha value is -3.33. The summed E-state index contributed by atoms with van der Waals surface area (Å²) in [5.41, 5.74) is 2.80. The van der Waals surface area contributed by atoms with Gasteiger partial charge in [-0.05, 0) is 52.0 Å². The van der Waals surface area contributed by atoms with Gasteiger partial charge in [0.25, 0.3) is 0 Å². The maximum atomic E-state index is 12.7. The smallest absolute Gasteiger partial charge is 0.338 e. The third-order valence-electron chi connectivity index (χ3n) is 5.06. The second-order valence-electron chi connectivity index (χ2n) is 7.38. The summed E-state index contributed by atoms with van der Waals surface area (Å²) in [4.78, 5) is 37.9. The third-order valence-corrected chi connectivity index (χ3v) is 6.23. The standard InChI is InChI=1S/C22H21N3O5S/c1-11-7-16(13(3)25(11)20-8-12(2)30-24-20)18(26)10-29-22(28)15-5-6-19-17(9-15)23-21(27)14(4)31-19/h5-9,14H,10H2,1-4H3,(H,23,27)/t14-/m1/s1. The number of thioether (sulfide) groups is 1. The van der Waals surface area contributed by atoms with E-state index >= 15 is 0 Å². The number of Topliss-reactive ketones (excluding diaryl/α,β-unsaturated/α-hetero) is 1. The van der Waals surface area contributed by atoms with Crippen LogP contribution in [0.15, 0.2) is 39.8 Å². The number of aryl methyl sites for hydroxylation is 2. The van der Waals surface area contributed by atoms with E-state index in [1.807, 2.05) is 18.4 Å². The Bertz CT molecular complexity index is 1210. The number of benzene rings is 1. The highest BCUT2D eigenvalue weighted by Gasteiger charge is 2.25. The predicted octanol–water partition coefficient (Wildman–Crippen LogP) is 3.86. The zero-order valence-corrected chi connectivity index (χ0v) is 18.3. The molecular weight excluding hydrogens is 418 g/mol. The first-order chi connectivity index (χ1) is 14.7. The monoisotopic (exact) mass is 439 g/mol. The number of rotatable bonds is 5. The predicted molar refractivity (Wildman–Crippen MR) is 115 cm³/mol. The van der Waals surface area contributed by atoms with Crippen LogP contribution < -0.4 is 5.32 Å². The van der Waals surface area contributed by atoms with E-state index in [-0.39, 0.29) is 22.5 Å². The molecule has 0 aliphatic carbocycles. The van der Waals surface area contributed by atoms with Gasteiger partial charge in [-0.15, -0.1) is 11.8 Å². The lowest BCUT2D eigenvalue weighted by molar-refractivity contribution is -0.115. The molecule has 0 bridgehead atoms. The number of hydrogen-bond donors (Lipinski definition) is 1. The van der Waals surface area contributed by atoms with Crippen molar-refractivity contribution in [2.45, 2.75) is 37.8 Å². The minimum absolute atomic E-state index is 0.115. The van der Waals surface area contributed by atoms with Crippen molar-refractivity contribution in [2.75, 3.05) is 11.9 Å². The van der Waals surface area contributed by atoms with Crippen molar-refractivity contribution in [3.05, 3.63) is 58.6 Å². The van der Waals surface area contributed by atoms with E-state index < -0.39 is 12.6 Å². The number of anilines is 1. The van der Waals surface area contributed by atoms with E-state index in [1.165, 1.54) is 11.8 Å². The van der Waals surface area contributed by atoms with Crippen molar-refractivity contribution in [2.24, 2.45) is 0 Å². The van der Waals surface area contributed by atoms with Crippen LogP contribution in [0.25, 0.3) is 5.82 Å². The van der Waals surface area contributed by atoms with Gasteiger partial charge in [-0.3, -0.25) is 14.2 Å². The molecule has 0 unspecified atom stereocenters. The van der Waals surface area contributed by atoms with Gasteiger partial charge in [0.2, 0.25) is 11.7 Å². The van der Waals surface area contributed by atoms with Crippen LogP contribution in [-0.2, 0) is 9.53 Å². The van der Waals surface area contributed by atoms with Crippen molar-refractivity contribution >= 4 is 35.1 Å². The van der Waals surface area contributed by atoms with Gasteiger partial charge in [-0.1, -0.05) is 5.16 Å². The molecule has 4 rings (SSSR count). The second kappa shape index (κ2) is 8.07. The van der Waals surface area contributed by atoms with Crippen LogP contribution in [0.2, 0.25) is 0 Å². The fourth-order valence-electron chi connectivity index (χ4n) is 3.48. The van der Waals surface area contributed by atoms with Gasteiger partial charge in [-0.25, -0.2) is 4.79 Å². The van der Waals surface area contributed by atoms with E-state index in [0.29, 0.717) is 28.5 Å². The zero-order valence-electron chi connectivity index (χ0n) is 17.5. The van der Waals surface area contributed by atoms with Gasteiger partial charge in [-0.2, -0.15) is 0 Å². The summed E-state index contributed by atoms with van der Waals surface area (Å²) in [6.45, 7) is 6.88. The van der Waals surface area contributed by atoms with Crippen LogP contribution in [0, 0.1) is 20.8 Å². The van der Waals surface area contributed by atoms with Crippen molar-refractivity contribution in [1.29, 1.82) is 0 Å². The Morgan fingerprint density at radius 3 is 2.71 bits per heavy atom. The quantitative estimate of drug-likeness (QED) is 0.475. The van der Waals surface area contributed by atoms with Crippen LogP contribution in [0.1, 0.15) is 44.8 Å². The Morgan fingerprint density at radius 2 is 2.00 bits per heavy atom. The van der Waals surface area contributed by atoms with Crippen molar-refractivity contribution < 1.29 is 23.6 Å². The van der Waals surface area contributed by atoms with Crippen LogP contribution in [0.4, 0.5) is 5.69 Å². The molecular formula is C22H21N3O5S. The number of hydrogen-bond acceptors (Lipinski definition) is 7. The molecule has 0 saturated carbocycles. The molecule has 2 aromatic heterocycles. The second-order valence-corrected chi connectivity index (χ2v) is 8.76. The average Bonchev–Trinajstić information content (AvgIpc) is 3.28. The molecule has 3 aromatic rings. The minimum Gasteiger partial charge on any atom is -0.454 e. The fraction of sp³-hybridized carbons (Fsp3) is 0.273. The molecule has 160 valence electrons. The molecule has 0 spiro atoms. The lowest BCUT2D eigenvalue weighted by atomic mass is 10.1. The van der Waals surface area contributed by atoms with Gasteiger partial charge in [0.15, 0.2) is 12.4 Å². The molecule has 0 radical (unpaired) electrons. The third kappa shape index (κ3) is 4.00. The van der Waals surface area contributed by atoms with Crippen molar-refractivity contribution in [3.8, 4) is 5.82 Å². The summed E-state index contributed by atoms with van der Waals surface area (Å²) in [5.74, 6) is 0.194. The molecule has 8 nitrogen and oxygen atoms in total. The highest BCUT2D eigenvalue weighted by molar-refractivity contribution is 8.00. The SMILES string of the molecule is Cc1cc(-n2c(C)cc(C(=O)COC(=O)c3ccc4c(c3)NC(=O)[C@@H](C)S4)c2C)no1. The molecule has 1 aliphatic rings. The molecule has 0 saturated heterocycles. The molecule has 1 amide bonds. The van der Waals surface area contributed by atoms with E-state index in [1.54, 1.807) is 44.2 Å². The van der Waals surface area contributed by atoms with Crippen molar-refractivity contribution in [3.63, 3.8) is 0 Å². The molecule has 1 atom stereocenters. The maximum absolute atomic E-state index is 12.7. The number of nitrogens with one attached hydrogen (secondary N) is 1. The summed E-state index contributed by atoms with van der Waals surface area (Å²) in [6.07, 6.45) is 0. The highest BCUT2D eigenvalue weighted by Crippen LogP contribution is 2.36. The van der Waals surface area contributed by atoms with Gasteiger partial charge in [0, 0.05) is 27.9 Å². The highest BCUT2D eigenvalue weighted by atomic mass is 32.2. The lowest BCUT2D eigenvalue weighted by Gasteiger charge is -2.21. The Balaban J connectivity index is 1.47. The van der Waals surface area contributed by atoms with Crippen LogP contribution in [-0.4, -0.2) is 39.2 Å². The number of ketones is 1. The lowest BCUT2D eigenvalue weighted by Crippen LogP contribution is -2.26. The molecule has 1 N–H and O–H groups in total. The first-order valence-electron chi connectivity index (χ1n) is 9.69. The number of amides is 1. The number of nitrogens with zero attached hydrogens (tertiary/aromatic N) is 2. The summed E-state index contributed by atoms with van der Waals surface area (Å²) in [5, 5.41) is 6.59. The van der Waals surface area contributed by atoms with Crippen molar-refractivity contribution in [1.82, 2.24) is 9.72 Å². The topological polar surface area (TPSA) is 103 Å². The summed E-state index contributed by atoms with van der Waals surface area (Å²) in [7, 11) is 0. The van der Waals surface area contributed by atoms with E-state index in [0.717, 1.165) is 10.6 Å². The van der Waals surface area contributed by atoms with E-state index in [4.69, 9.17) is 9.26 Å². The molecule has 3 heterocycles. The van der Waals surface area contributed by atoms with Gasteiger partial charge in [0.05, 0.1) is 16.5 Å². The van der Waals surface area contributed by atoms with Gasteiger partial charge in [0.1, 0.15) is 5.76 Å². The normalized spacial score (nSPS) is 15.4. The Labute approximate surface area is 182 Å². The van der Waals surface area contributed by atoms with Gasteiger partial charge >= 0.3 is 5.97 Å². The summed E-state index contributed by atoms with van der Waals surface area (Å²) < 4.78 is 12.2. The van der Waals surface area contributed by atoms with Crippen LogP contribution in [0.3, 0.4) is 0 Å². The zero-order chi connectivity index (χ0) is 22.3. The molecule has 1 aliphatic heterocycles. The number of esters is 1. The molecule has 1 aromatic carbocycles. The van der Waals surface area contributed by atoms with Crippen LogP contribution >= 0.6 is 11.8 Å². The molecule has 9 heteroatoms. The Morgan fingerprint density at radius 1 is 1.23 bits per heavy atom.